The molecule has 0 rings (SSSR count). The standard InChI is InChI=1S/C2H6N.C2H6O.2ClH.Ti/c1-3-2;1-2-3;;;/h1-2H3;3H,2H2,1H3;2*1H;/q-1;;;;+3/p-2. The first-order valence-corrected chi connectivity index (χ1v) is 1.92. The summed E-state index contributed by atoms with van der Waals surface area (Å²) in [5.41, 5.74) is 0. The fraction of sp³-hybridized carbons (Fsp3) is 1.00. The van der Waals surface area contributed by atoms with Crippen LogP contribution >= 0.6 is 0 Å². The maximum Gasteiger partial charge on any atom is 3.00 e. The number of nitrogens with zero attached hydrogens (tertiary/aromatic N) is 1. The zero-order valence-corrected chi connectivity index (χ0v) is 8.93. The van der Waals surface area contributed by atoms with Crippen LogP contribution in [0.1, 0.15) is 6.92 Å². The van der Waals surface area contributed by atoms with Gasteiger partial charge in [-0.1, -0.05) is 0 Å². The summed E-state index contributed by atoms with van der Waals surface area (Å²) in [5.74, 6) is 0. The van der Waals surface area contributed by atoms with Crippen LogP contribution < -0.4 is 24.8 Å². The van der Waals surface area contributed by atoms with Crippen LogP contribution in [0, 0.1) is 0 Å². The van der Waals surface area contributed by atoms with Gasteiger partial charge in [0.25, 0.3) is 0 Å². The van der Waals surface area contributed by atoms with E-state index in [9.17, 15) is 0 Å². The van der Waals surface area contributed by atoms with Crippen LogP contribution in [0.3, 0.4) is 0 Å². The molecule has 0 fully saturated rings. The number of hydrogen-bond donors (Lipinski definition) is 1. The fourth-order valence-corrected chi connectivity index (χ4v) is 0. The molecule has 0 aliphatic heterocycles. The minimum absolute atomic E-state index is 0. The second-order valence-electron chi connectivity index (χ2n) is 0.763. The molecule has 0 aromatic heterocycles. The topological polar surface area (TPSA) is 34.3 Å². The Morgan fingerprint density at radius 2 is 1.22 bits per heavy atom. The quantitative estimate of drug-likeness (QED) is 0.397. The van der Waals surface area contributed by atoms with Crippen molar-refractivity contribution >= 4 is 0 Å². The number of aliphatic hydroxyl groups excluding tert-OH is 1. The van der Waals surface area contributed by atoms with Gasteiger partial charge < -0.3 is 35.2 Å². The first-order chi connectivity index (χ1) is 2.83. The predicted octanol–water partition coefficient (Wildman–Crippen LogP) is -5.38. The molecule has 0 saturated carbocycles. The van der Waals surface area contributed by atoms with Crippen molar-refractivity contribution in [1.82, 2.24) is 0 Å². The zero-order valence-electron chi connectivity index (χ0n) is 5.86. The monoisotopic (exact) mass is 208 g/mol. The minimum Gasteiger partial charge on any atom is -1.00 e. The van der Waals surface area contributed by atoms with E-state index in [-0.39, 0.29) is 53.1 Å². The van der Waals surface area contributed by atoms with Gasteiger partial charge in [-0.25, -0.2) is 0 Å². The van der Waals surface area contributed by atoms with Crippen LogP contribution in [0.2, 0.25) is 0 Å². The number of rotatable bonds is 0. The Morgan fingerprint density at radius 3 is 1.22 bits per heavy atom. The minimum atomic E-state index is 0. The van der Waals surface area contributed by atoms with Gasteiger partial charge in [-0.05, 0) is 6.92 Å². The van der Waals surface area contributed by atoms with Crippen LogP contribution in [-0.4, -0.2) is 25.8 Å². The predicted molar refractivity (Wildman–Crippen MR) is 28.0 cm³/mol. The molecular formula is C4H12Cl2NOTi. The third-order valence-corrected chi connectivity index (χ3v) is 0. The van der Waals surface area contributed by atoms with Crippen molar-refractivity contribution in [1.29, 1.82) is 0 Å². The fourth-order valence-electron chi connectivity index (χ4n) is 0. The van der Waals surface area contributed by atoms with E-state index >= 15 is 0 Å². The van der Waals surface area contributed by atoms with Crippen molar-refractivity contribution < 1.29 is 51.6 Å². The third-order valence-electron chi connectivity index (χ3n) is 0. The Morgan fingerprint density at radius 1 is 1.22 bits per heavy atom. The van der Waals surface area contributed by atoms with E-state index in [1.807, 2.05) is 0 Å². The Balaban J connectivity index is -0.00000000889. The number of halogens is 2. The van der Waals surface area contributed by atoms with Gasteiger partial charge >= 0.3 is 21.7 Å². The van der Waals surface area contributed by atoms with E-state index in [4.69, 9.17) is 5.11 Å². The molecule has 9 heavy (non-hydrogen) atoms. The summed E-state index contributed by atoms with van der Waals surface area (Å²) in [6, 6.07) is 0. The Kier molecular flexibility index (Phi) is 213. The zero-order chi connectivity index (χ0) is 5.41. The van der Waals surface area contributed by atoms with Gasteiger partial charge in [0.2, 0.25) is 0 Å². The van der Waals surface area contributed by atoms with Crippen LogP contribution in [0.5, 0.6) is 0 Å². The first-order valence-electron chi connectivity index (χ1n) is 1.92. The van der Waals surface area contributed by atoms with Crippen molar-refractivity contribution in [3.05, 3.63) is 5.32 Å². The van der Waals surface area contributed by atoms with E-state index < -0.39 is 0 Å². The molecule has 0 aromatic carbocycles. The van der Waals surface area contributed by atoms with E-state index in [0.29, 0.717) is 0 Å². The molecule has 1 radical (unpaired) electrons. The normalized spacial score (nSPS) is 4.00. The Bertz CT molecular complexity index is 20.5. The summed E-state index contributed by atoms with van der Waals surface area (Å²) in [7, 11) is 3.50. The van der Waals surface area contributed by atoms with Gasteiger partial charge in [-0.15, -0.1) is 0 Å². The van der Waals surface area contributed by atoms with Crippen molar-refractivity contribution in [2.75, 3.05) is 20.7 Å². The summed E-state index contributed by atoms with van der Waals surface area (Å²) >= 11 is 0. The van der Waals surface area contributed by atoms with Gasteiger partial charge in [0.05, 0.1) is 0 Å². The summed E-state index contributed by atoms with van der Waals surface area (Å²) in [6.07, 6.45) is 0. The average molecular weight is 209 g/mol. The SMILES string of the molecule is CCO.C[N-]C.[Cl-].[Cl-].[Ti+3]. The summed E-state index contributed by atoms with van der Waals surface area (Å²) in [5, 5.41) is 11.1. The molecule has 0 heterocycles. The number of hydrogen-bond acceptors (Lipinski definition) is 1. The van der Waals surface area contributed by atoms with Crippen LogP contribution in [-0.2, 0) is 21.7 Å². The molecular weight excluding hydrogens is 197 g/mol. The number of aliphatic hydroxyl groups is 1. The molecule has 2 nitrogen and oxygen atoms in total. The molecule has 1 N–H and O–H groups in total. The summed E-state index contributed by atoms with van der Waals surface area (Å²) < 4.78 is 0. The van der Waals surface area contributed by atoms with E-state index in [0.717, 1.165) is 0 Å². The summed E-state index contributed by atoms with van der Waals surface area (Å²) in [4.78, 5) is 0. The molecule has 0 spiro atoms. The molecule has 0 saturated heterocycles. The van der Waals surface area contributed by atoms with E-state index in [1.165, 1.54) is 0 Å². The molecule has 0 aliphatic carbocycles. The largest absolute Gasteiger partial charge is 3.00 e. The van der Waals surface area contributed by atoms with E-state index in [1.54, 1.807) is 21.0 Å². The van der Waals surface area contributed by atoms with Gasteiger partial charge in [-0.3, -0.25) is 0 Å². The van der Waals surface area contributed by atoms with Crippen LogP contribution in [0.25, 0.3) is 5.32 Å². The van der Waals surface area contributed by atoms with Gasteiger partial charge in [0.1, 0.15) is 0 Å². The molecule has 57 valence electrons. The molecule has 5 heteroatoms. The molecule has 0 amide bonds. The van der Waals surface area contributed by atoms with Crippen LogP contribution in [0.15, 0.2) is 0 Å². The second-order valence-corrected chi connectivity index (χ2v) is 0.763. The molecule has 0 aromatic rings. The van der Waals surface area contributed by atoms with Gasteiger partial charge in [0, 0.05) is 6.61 Å². The molecule has 0 atom stereocenters. The van der Waals surface area contributed by atoms with Gasteiger partial charge in [0.15, 0.2) is 0 Å². The Labute approximate surface area is 84.5 Å². The second kappa shape index (κ2) is 60.2. The first kappa shape index (κ1) is 31.9. The van der Waals surface area contributed by atoms with Crippen molar-refractivity contribution in [2.24, 2.45) is 0 Å². The third kappa shape index (κ3) is 325. The average Bonchev–Trinajstić information content (AvgIpc) is 1.39. The summed E-state index contributed by atoms with van der Waals surface area (Å²) in [6.45, 7) is 1.93. The van der Waals surface area contributed by atoms with E-state index in [2.05, 4.69) is 5.32 Å². The van der Waals surface area contributed by atoms with Gasteiger partial charge in [-0.2, -0.15) is 14.1 Å². The van der Waals surface area contributed by atoms with Crippen molar-refractivity contribution in [3.8, 4) is 0 Å². The maximum absolute atomic E-state index is 7.57. The maximum atomic E-state index is 7.57. The molecule has 0 unspecified atom stereocenters. The smallest absolute Gasteiger partial charge is 1.00 e. The van der Waals surface area contributed by atoms with Crippen molar-refractivity contribution in [3.63, 3.8) is 0 Å². The van der Waals surface area contributed by atoms with Crippen LogP contribution in [0.4, 0.5) is 0 Å². The molecule has 0 bridgehead atoms. The van der Waals surface area contributed by atoms with Crippen molar-refractivity contribution in [2.45, 2.75) is 6.92 Å². The molecule has 0 aliphatic rings. The Hall–Kier alpha value is 1.21.